The Kier molecular flexibility index (Phi) is 2.74. The molecule has 4 nitrogen and oxygen atoms in total. The summed E-state index contributed by atoms with van der Waals surface area (Å²) in [6.07, 6.45) is 8.24. The van der Waals surface area contributed by atoms with E-state index in [0.29, 0.717) is 6.04 Å². The van der Waals surface area contributed by atoms with Gasteiger partial charge in [-0.15, -0.1) is 0 Å². The van der Waals surface area contributed by atoms with Gasteiger partial charge in [-0.05, 0) is 30.5 Å². The van der Waals surface area contributed by atoms with E-state index < -0.39 is 0 Å². The van der Waals surface area contributed by atoms with Crippen LogP contribution in [0.5, 0.6) is 0 Å². The lowest BCUT2D eigenvalue weighted by Crippen LogP contribution is -2.17. The first-order valence-corrected chi connectivity index (χ1v) is 7.01. The molecule has 0 saturated heterocycles. The highest BCUT2D eigenvalue weighted by atomic mass is 15.3. The van der Waals surface area contributed by atoms with Crippen molar-refractivity contribution in [1.29, 1.82) is 0 Å². The minimum absolute atomic E-state index is 0.699. The van der Waals surface area contributed by atoms with Crippen LogP contribution in [0.1, 0.15) is 18.4 Å². The minimum atomic E-state index is 0.699. The van der Waals surface area contributed by atoms with Gasteiger partial charge in [0.05, 0.1) is 23.6 Å². The lowest BCUT2D eigenvalue weighted by Gasteiger charge is -2.10. The van der Waals surface area contributed by atoms with E-state index in [1.165, 1.54) is 18.4 Å². The molecule has 0 amide bonds. The van der Waals surface area contributed by atoms with E-state index in [4.69, 9.17) is 0 Å². The van der Waals surface area contributed by atoms with E-state index in [1.54, 1.807) is 0 Å². The van der Waals surface area contributed by atoms with E-state index >= 15 is 0 Å². The first-order chi connectivity index (χ1) is 9.92. The topological polar surface area (TPSA) is 42.7 Å². The Balaban J connectivity index is 1.76. The van der Waals surface area contributed by atoms with E-state index in [1.807, 2.05) is 35.4 Å². The van der Waals surface area contributed by atoms with Crippen molar-refractivity contribution in [2.24, 2.45) is 0 Å². The van der Waals surface area contributed by atoms with Crippen molar-refractivity contribution in [1.82, 2.24) is 20.1 Å². The summed E-state index contributed by atoms with van der Waals surface area (Å²) in [6, 6.07) is 11.0. The molecule has 3 aromatic rings. The highest BCUT2D eigenvalue weighted by molar-refractivity contribution is 5.80. The Morgan fingerprint density at radius 3 is 2.95 bits per heavy atom. The molecule has 1 aliphatic rings. The maximum absolute atomic E-state index is 4.52. The molecule has 0 bridgehead atoms. The summed E-state index contributed by atoms with van der Waals surface area (Å²) in [7, 11) is 0. The zero-order chi connectivity index (χ0) is 13.4. The summed E-state index contributed by atoms with van der Waals surface area (Å²) in [5.74, 6) is 0. The van der Waals surface area contributed by atoms with Crippen LogP contribution in [0, 0.1) is 0 Å². The lowest BCUT2D eigenvalue weighted by molar-refractivity contribution is 0.681. The summed E-state index contributed by atoms with van der Waals surface area (Å²) in [6.45, 7) is 0.872. The van der Waals surface area contributed by atoms with Crippen LogP contribution >= 0.6 is 0 Å². The summed E-state index contributed by atoms with van der Waals surface area (Å²) >= 11 is 0. The van der Waals surface area contributed by atoms with Crippen molar-refractivity contribution in [2.45, 2.75) is 25.4 Å². The third kappa shape index (κ3) is 2.08. The Bertz CT molecular complexity index is 743. The van der Waals surface area contributed by atoms with Gasteiger partial charge in [0, 0.05) is 24.2 Å². The third-order valence-electron chi connectivity index (χ3n) is 3.75. The fraction of sp³-hybridized carbons (Fsp3) is 0.250. The largest absolute Gasteiger partial charge is 0.310 e. The van der Waals surface area contributed by atoms with E-state index in [0.717, 1.165) is 23.1 Å². The maximum atomic E-state index is 4.52. The smallest absolute Gasteiger partial charge is 0.0880 e. The molecule has 1 saturated carbocycles. The Morgan fingerprint density at radius 1 is 1.15 bits per heavy atom. The Morgan fingerprint density at radius 2 is 2.05 bits per heavy atom. The van der Waals surface area contributed by atoms with Crippen molar-refractivity contribution in [2.75, 3.05) is 0 Å². The summed E-state index contributed by atoms with van der Waals surface area (Å²) in [4.78, 5) is 4.26. The number of fused-ring (bicyclic) bond motifs is 1. The van der Waals surface area contributed by atoms with Gasteiger partial charge in [0.2, 0.25) is 0 Å². The zero-order valence-electron chi connectivity index (χ0n) is 11.2. The second-order valence-electron chi connectivity index (χ2n) is 5.27. The molecule has 1 fully saturated rings. The van der Waals surface area contributed by atoms with Gasteiger partial charge in [0.15, 0.2) is 0 Å². The van der Waals surface area contributed by atoms with Crippen molar-refractivity contribution in [3.8, 4) is 5.69 Å². The van der Waals surface area contributed by atoms with Crippen molar-refractivity contribution < 1.29 is 0 Å². The number of rotatable bonds is 4. The zero-order valence-corrected chi connectivity index (χ0v) is 11.2. The molecule has 1 aliphatic carbocycles. The number of hydrogen-bond acceptors (Lipinski definition) is 3. The van der Waals surface area contributed by atoms with Gasteiger partial charge in [-0.3, -0.25) is 4.98 Å². The molecule has 0 unspecified atom stereocenters. The number of pyridine rings is 1. The normalized spacial score (nSPS) is 14.8. The number of aromatic nitrogens is 3. The van der Waals surface area contributed by atoms with Crippen LogP contribution < -0.4 is 5.32 Å². The van der Waals surface area contributed by atoms with Crippen LogP contribution in [0.25, 0.3) is 16.6 Å². The predicted octanol–water partition coefficient (Wildman–Crippen LogP) is 2.67. The van der Waals surface area contributed by atoms with E-state index in [9.17, 15) is 0 Å². The summed E-state index contributed by atoms with van der Waals surface area (Å²) in [5, 5.41) is 9.22. The van der Waals surface area contributed by atoms with Crippen LogP contribution in [-0.4, -0.2) is 20.8 Å². The maximum Gasteiger partial charge on any atom is 0.0880 e. The van der Waals surface area contributed by atoms with E-state index in [2.05, 4.69) is 33.6 Å². The average molecular weight is 264 g/mol. The lowest BCUT2D eigenvalue weighted by atomic mass is 10.2. The minimum Gasteiger partial charge on any atom is -0.310 e. The fourth-order valence-corrected chi connectivity index (χ4v) is 2.46. The number of nitrogens with zero attached hydrogens (tertiary/aromatic N) is 3. The van der Waals surface area contributed by atoms with Gasteiger partial charge in [-0.2, -0.15) is 5.10 Å². The van der Waals surface area contributed by atoms with Crippen LogP contribution in [0.3, 0.4) is 0 Å². The molecule has 0 atom stereocenters. The molecule has 100 valence electrons. The van der Waals surface area contributed by atoms with Gasteiger partial charge < -0.3 is 5.32 Å². The third-order valence-corrected chi connectivity index (χ3v) is 3.75. The fourth-order valence-electron chi connectivity index (χ4n) is 2.46. The van der Waals surface area contributed by atoms with Gasteiger partial charge in [0.1, 0.15) is 0 Å². The monoisotopic (exact) mass is 264 g/mol. The highest BCUT2D eigenvalue weighted by Gasteiger charge is 2.20. The highest BCUT2D eigenvalue weighted by Crippen LogP contribution is 2.22. The van der Waals surface area contributed by atoms with Crippen LogP contribution in [0.4, 0.5) is 0 Å². The van der Waals surface area contributed by atoms with Crippen molar-refractivity contribution in [3.05, 3.63) is 54.5 Å². The summed E-state index contributed by atoms with van der Waals surface area (Å²) < 4.78 is 1.98. The quantitative estimate of drug-likeness (QED) is 0.788. The summed E-state index contributed by atoms with van der Waals surface area (Å²) in [5.41, 5.74) is 3.41. The van der Waals surface area contributed by atoms with Gasteiger partial charge in [-0.25, -0.2) is 4.68 Å². The Hall–Kier alpha value is -2.20. The van der Waals surface area contributed by atoms with Crippen molar-refractivity contribution >= 4 is 10.9 Å². The van der Waals surface area contributed by atoms with Crippen LogP contribution in [0.15, 0.2) is 48.9 Å². The van der Waals surface area contributed by atoms with Gasteiger partial charge >= 0.3 is 0 Å². The first-order valence-electron chi connectivity index (χ1n) is 7.01. The number of para-hydroxylation sites is 1. The molecule has 2 aromatic heterocycles. The van der Waals surface area contributed by atoms with Crippen LogP contribution in [0.2, 0.25) is 0 Å². The molecule has 0 spiro atoms. The first kappa shape index (κ1) is 11.6. The van der Waals surface area contributed by atoms with Crippen molar-refractivity contribution in [3.63, 3.8) is 0 Å². The van der Waals surface area contributed by atoms with Gasteiger partial charge in [0.25, 0.3) is 0 Å². The molecule has 4 heteroatoms. The molecular weight excluding hydrogens is 248 g/mol. The molecular formula is C16H16N4. The van der Waals surface area contributed by atoms with Crippen LogP contribution in [-0.2, 0) is 6.54 Å². The predicted molar refractivity (Wildman–Crippen MR) is 78.7 cm³/mol. The second kappa shape index (κ2) is 4.72. The van der Waals surface area contributed by atoms with Gasteiger partial charge in [-0.1, -0.05) is 18.2 Å². The molecule has 20 heavy (non-hydrogen) atoms. The standard InChI is InChI=1S/C16H16N4/c1-2-4-15-12(3-1)10-19-20(15)16-11-17-8-7-13(16)9-18-14-5-6-14/h1-4,7-8,10-11,14,18H,5-6,9H2. The molecule has 1 N–H and O–H groups in total. The number of nitrogens with one attached hydrogen (secondary N) is 1. The molecule has 2 heterocycles. The van der Waals surface area contributed by atoms with E-state index in [-0.39, 0.29) is 0 Å². The Labute approximate surface area is 117 Å². The molecule has 0 radical (unpaired) electrons. The molecule has 1 aromatic carbocycles. The SMILES string of the molecule is c1ccc2c(c1)cnn2-c1cnccc1CNC1CC1. The average Bonchev–Trinajstić information content (AvgIpc) is 3.23. The molecule has 4 rings (SSSR count). The number of hydrogen-bond donors (Lipinski definition) is 1. The molecule has 0 aliphatic heterocycles. The number of benzene rings is 1. The second-order valence-corrected chi connectivity index (χ2v) is 5.27.